The van der Waals surface area contributed by atoms with E-state index in [1.54, 1.807) is 6.07 Å². The van der Waals surface area contributed by atoms with E-state index in [1.165, 1.54) is 17.7 Å². The number of anilines is 2. The molecule has 0 spiro atoms. The molecule has 1 fully saturated rings. The highest BCUT2D eigenvalue weighted by molar-refractivity contribution is 7.11. The highest BCUT2D eigenvalue weighted by Crippen LogP contribution is 2.43. The third-order valence-corrected chi connectivity index (χ3v) is 6.27. The SMILES string of the molecule is CC(C)c1cccc(-c2c(-c3ccc(N)c(C=N)c3)nsc2NC(=O)C2C[C@H]2C)n1. The van der Waals surface area contributed by atoms with Gasteiger partial charge in [0.15, 0.2) is 0 Å². The number of pyridine rings is 1. The Hall–Kier alpha value is -3.06. The van der Waals surface area contributed by atoms with Crippen LogP contribution in [-0.2, 0) is 4.79 Å². The van der Waals surface area contributed by atoms with Gasteiger partial charge in [0.05, 0.1) is 17.0 Å². The van der Waals surface area contributed by atoms with Crippen molar-refractivity contribution in [3.05, 3.63) is 47.7 Å². The first-order valence-corrected chi connectivity index (χ1v) is 10.8. The number of hydrogen-bond donors (Lipinski definition) is 3. The van der Waals surface area contributed by atoms with Gasteiger partial charge in [-0.2, -0.15) is 4.37 Å². The number of nitrogens with one attached hydrogen (secondary N) is 2. The molecule has 1 amide bonds. The largest absolute Gasteiger partial charge is 0.398 e. The zero-order valence-electron chi connectivity index (χ0n) is 17.3. The molecule has 154 valence electrons. The average Bonchev–Trinajstić information content (AvgIpc) is 3.33. The predicted molar refractivity (Wildman–Crippen MR) is 123 cm³/mol. The van der Waals surface area contributed by atoms with Crippen LogP contribution in [0.5, 0.6) is 0 Å². The second-order valence-electron chi connectivity index (χ2n) is 8.13. The molecule has 1 aliphatic rings. The lowest BCUT2D eigenvalue weighted by molar-refractivity contribution is -0.117. The minimum Gasteiger partial charge on any atom is -0.398 e. The van der Waals surface area contributed by atoms with Crippen molar-refractivity contribution in [2.75, 3.05) is 11.1 Å². The second kappa shape index (κ2) is 7.99. The number of amides is 1. The molecule has 4 rings (SSSR count). The van der Waals surface area contributed by atoms with Crippen LogP contribution in [0.3, 0.4) is 0 Å². The van der Waals surface area contributed by atoms with Gasteiger partial charge < -0.3 is 16.5 Å². The van der Waals surface area contributed by atoms with E-state index in [2.05, 4.69) is 30.5 Å². The van der Waals surface area contributed by atoms with Crippen molar-refractivity contribution in [2.24, 2.45) is 11.8 Å². The molecule has 0 aliphatic heterocycles. The molecule has 0 radical (unpaired) electrons. The summed E-state index contributed by atoms with van der Waals surface area (Å²) in [6, 6.07) is 11.5. The lowest BCUT2D eigenvalue weighted by Gasteiger charge is -2.11. The highest BCUT2D eigenvalue weighted by atomic mass is 32.1. The zero-order valence-corrected chi connectivity index (χ0v) is 18.1. The van der Waals surface area contributed by atoms with Crippen LogP contribution in [0.1, 0.15) is 44.4 Å². The van der Waals surface area contributed by atoms with E-state index in [0.717, 1.165) is 34.6 Å². The number of nitrogens with two attached hydrogens (primary N) is 1. The molecular formula is C23H25N5OS. The molecule has 1 aliphatic carbocycles. The van der Waals surface area contributed by atoms with E-state index in [-0.39, 0.29) is 17.7 Å². The topological polar surface area (TPSA) is 105 Å². The molecule has 1 unspecified atom stereocenters. The minimum atomic E-state index is 0.0384. The van der Waals surface area contributed by atoms with Crippen LogP contribution in [0.25, 0.3) is 22.5 Å². The van der Waals surface area contributed by atoms with Crippen molar-refractivity contribution in [1.29, 1.82) is 5.41 Å². The number of rotatable bonds is 6. The number of benzene rings is 1. The lowest BCUT2D eigenvalue weighted by Crippen LogP contribution is -2.14. The van der Waals surface area contributed by atoms with Gasteiger partial charge in [0.2, 0.25) is 5.91 Å². The molecular weight excluding hydrogens is 394 g/mol. The summed E-state index contributed by atoms with van der Waals surface area (Å²) in [7, 11) is 0. The van der Waals surface area contributed by atoms with E-state index >= 15 is 0 Å². The molecule has 1 saturated carbocycles. The fourth-order valence-corrected chi connectivity index (χ4v) is 4.28. The summed E-state index contributed by atoms with van der Waals surface area (Å²) in [6.07, 6.45) is 2.16. The van der Waals surface area contributed by atoms with Crippen LogP contribution in [0.4, 0.5) is 10.7 Å². The second-order valence-corrected chi connectivity index (χ2v) is 8.91. The molecule has 2 aromatic heterocycles. The predicted octanol–water partition coefficient (Wildman–Crippen LogP) is 5.17. The van der Waals surface area contributed by atoms with Crippen LogP contribution in [0, 0.1) is 17.2 Å². The molecule has 30 heavy (non-hydrogen) atoms. The van der Waals surface area contributed by atoms with E-state index in [1.807, 2.05) is 30.3 Å². The van der Waals surface area contributed by atoms with Gasteiger partial charge >= 0.3 is 0 Å². The summed E-state index contributed by atoms with van der Waals surface area (Å²) in [5.74, 6) is 0.817. The molecule has 0 bridgehead atoms. The van der Waals surface area contributed by atoms with Gasteiger partial charge in [-0.25, -0.2) is 0 Å². The number of hydrogen-bond acceptors (Lipinski definition) is 6. The van der Waals surface area contributed by atoms with Gasteiger partial charge in [-0.15, -0.1) is 0 Å². The smallest absolute Gasteiger partial charge is 0.228 e. The Balaban J connectivity index is 1.83. The number of aromatic nitrogens is 2. The van der Waals surface area contributed by atoms with Gasteiger partial charge in [0.25, 0.3) is 0 Å². The maximum absolute atomic E-state index is 12.6. The van der Waals surface area contributed by atoms with Crippen LogP contribution < -0.4 is 11.1 Å². The van der Waals surface area contributed by atoms with Crippen molar-refractivity contribution in [1.82, 2.24) is 9.36 Å². The van der Waals surface area contributed by atoms with Crippen molar-refractivity contribution in [3.63, 3.8) is 0 Å². The van der Waals surface area contributed by atoms with Crippen molar-refractivity contribution < 1.29 is 4.79 Å². The van der Waals surface area contributed by atoms with Crippen LogP contribution >= 0.6 is 11.5 Å². The average molecular weight is 420 g/mol. The monoisotopic (exact) mass is 419 g/mol. The summed E-state index contributed by atoms with van der Waals surface area (Å²) in [4.78, 5) is 17.5. The number of nitrogen functional groups attached to an aromatic ring is 1. The summed E-state index contributed by atoms with van der Waals surface area (Å²) < 4.78 is 4.67. The normalized spacial score (nSPS) is 17.7. The Morgan fingerprint density at radius 1 is 1.33 bits per heavy atom. The van der Waals surface area contributed by atoms with Gasteiger partial charge in [-0.05, 0) is 54.1 Å². The Morgan fingerprint density at radius 2 is 2.10 bits per heavy atom. The molecule has 7 heteroatoms. The van der Waals surface area contributed by atoms with E-state index in [0.29, 0.717) is 22.2 Å². The number of nitrogens with zero attached hydrogens (tertiary/aromatic N) is 2. The van der Waals surface area contributed by atoms with E-state index < -0.39 is 0 Å². The van der Waals surface area contributed by atoms with Crippen LogP contribution in [-0.4, -0.2) is 21.5 Å². The van der Waals surface area contributed by atoms with E-state index in [9.17, 15) is 4.79 Å². The number of carbonyl (C=O) groups is 1. The van der Waals surface area contributed by atoms with Gasteiger partial charge in [0.1, 0.15) is 5.00 Å². The molecule has 0 saturated heterocycles. The Bertz CT molecular complexity index is 1120. The first-order valence-electron chi connectivity index (χ1n) is 10.1. The number of carbonyl (C=O) groups excluding carboxylic acids is 1. The first kappa shape index (κ1) is 20.2. The summed E-state index contributed by atoms with van der Waals surface area (Å²) in [5.41, 5.74) is 11.3. The summed E-state index contributed by atoms with van der Waals surface area (Å²) in [5, 5.41) is 11.4. The highest BCUT2D eigenvalue weighted by Gasteiger charge is 2.39. The maximum Gasteiger partial charge on any atom is 0.228 e. The van der Waals surface area contributed by atoms with Crippen LogP contribution in [0.15, 0.2) is 36.4 Å². The minimum absolute atomic E-state index is 0.0384. The Morgan fingerprint density at radius 3 is 2.77 bits per heavy atom. The standard InChI is InChI=1S/C23H25N5OS/c1-12(2)18-5-4-6-19(26-18)20-21(14-7-8-17(25)15(10-14)11-24)28-30-23(20)27-22(29)16-9-13(16)3/h4-8,10-13,16,24H,9,25H2,1-3H3,(H,27,29)/t13-,16?/m1/s1. The third kappa shape index (κ3) is 3.85. The van der Waals surface area contributed by atoms with Crippen molar-refractivity contribution >= 4 is 34.3 Å². The summed E-state index contributed by atoms with van der Waals surface area (Å²) >= 11 is 1.26. The van der Waals surface area contributed by atoms with Crippen LogP contribution in [0.2, 0.25) is 0 Å². The molecule has 2 atom stereocenters. The van der Waals surface area contributed by atoms with Crippen molar-refractivity contribution in [2.45, 2.75) is 33.1 Å². The Labute approximate surface area is 180 Å². The zero-order chi connectivity index (χ0) is 21.4. The molecule has 3 aromatic rings. The van der Waals surface area contributed by atoms with Crippen molar-refractivity contribution in [3.8, 4) is 22.5 Å². The van der Waals surface area contributed by atoms with E-state index in [4.69, 9.17) is 16.1 Å². The fraction of sp³-hybridized carbons (Fsp3) is 0.304. The van der Waals surface area contributed by atoms with Gasteiger partial charge in [-0.1, -0.05) is 32.9 Å². The molecule has 1 aromatic carbocycles. The fourth-order valence-electron chi connectivity index (χ4n) is 3.46. The maximum atomic E-state index is 12.6. The quantitative estimate of drug-likeness (QED) is 0.379. The molecule has 6 nitrogen and oxygen atoms in total. The molecule has 2 heterocycles. The van der Waals surface area contributed by atoms with Gasteiger partial charge in [-0.3, -0.25) is 9.78 Å². The first-order chi connectivity index (χ1) is 14.4. The summed E-state index contributed by atoms with van der Waals surface area (Å²) in [6.45, 7) is 6.29. The Kier molecular flexibility index (Phi) is 5.39. The lowest BCUT2D eigenvalue weighted by atomic mass is 10.0. The van der Waals surface area contributed by atoms with Gasteiger partial charge in [0, 0.05) is 34.6 Å². The third-order valence-electron chi connectivity index (χ3n) is 5.51. The molecule has 4 N–H and O–H groups in total.